The molecule has 0 bridgehead atoms. The number of benzene rings is 1. The molecule has 1 unspecified atom stereocenters. The van der Waals surface area contributed by atoms with Gasteiger partial charge in [0.1, 0.15) is 0 Å². The number of methoxy groups -OCH3 is 1. The number of nitrogens with zero attached hydrogens (tertiary/aromatic N) is 1. The molecule has 0 radical (unpaired) electrons. The zero-order valence-corrected chi connectivity index (χ0v) is 12.8. The molecule has 3 heteroatoms. The third kappa shape index (κ3) is 3.81. The molecule has 20 heavy (non-hydrogen) atoms. The van der Waals surface area contributed by atoms with Crippen molar-refractivity contribution in [1.82, 2.24) is 4.90 Å². The van der Waals surface area contributed by atoms with Crippen LogP contribution in [0.25, 0.3) is 0 Å². The smallest absolute Gasteiger partial charge is 0.0716 e. The Hall–Kier alpha value is -0.900. The lowest BCUT2D eigenvalue weighted by Crippen LogP contribution is -2.36. The fraction of sp³-hybridized carbons (Fsp3) is 0.647. The van der Waals surface area contributed by atoms with Crippen LogP contribution >= 0.6 is 0 Å². The third-order valence-electron chi connectivity index (χ3n) is 4.12. The Morgan fingerprint density at radius 1 is 1.35 bits per heavy atom. The van der Waals surface area contributed by atoms with Crippen molar-refractivity contribution in [3.05, 3.63) is 35.4 Å². The van der Waals surface area contributed by atoms with Gasteiger partial charge in [-0.25, -0.2) is 0 Å². The molecule has 1 fully saturated rings. The SMILES string of the molecule is CCCCN(C1CC1)C(CN)c1ccccc1COC. The minimum absolute atomic E-state index is 0.334. The topological polar surface area (TPSA) is 38.5 Å². The molecule has 1 atom stereocenters. The third-order valence-corrected chi connectivity index (χ3v) is 4.12. The van der Waals surface area contributed by atoms with Crippen LogP contribution < -0.4 is 5.73 Å². The van der Waals surface area contributed by atoms with E-state index in [9.17, 15) is 0 Å². The van der Waals surface area contributed by atoms with Crippen molar-refractivity contribution < 1.29 is 4.74 Å². The zero-order valence-electron chi connectivity index (χ0n) is 12.8. The summed E-state index contributed by atoms with van der Waals surface area (Å²) in [5.74, 6) is 0. The van der Waals surface area contributed by atoms with Gasteiger partial charge in [-0.3, -0.25) is 4.90 Å². The molecule has 2 N–H and O–H groups in total. The quantitative estimate of drug-likeness (QED) is 0.753. The molecule has 112 valence electrons. The average molecular weight is 276 g/mol. The largest absolute Gasteiger partial charge is 0.380 e. The van der Waals surface area contributed by atoms with E-state index in [2.05, 4.69) is 36.1 Å². The predicted molar refractivity (Wildman–Crippen MR) is 83.6 cm³/mol. The molecule has 0 amide bonds. The van der Waals surface area contributed by atoms with Crippen molar-refractivity contribution >= 4 is 0 Å². The fourth-order valence-electron chi connectivity index (χ4n) is 2.93. The molecule has 1 aromatic carbocycles. The summed E-state index contributed by atoms with van der Waals surface area (Å²) in [6.45, 7) is 4.76. The number of unbranched alkanes of at least 4 members (excludes halogenated alkanes) is 1. The van der Waals surface area contributed by atoms with Crippen molar-refractivity contribution in [2.45, 2.75) is 51.3 Å². The summed E-state index contributed by atoms with van der Waals surface area (Å²) in [6, 6.07) is 9.65. The lowest BCUT2D eigenvalue weighted by Gasteiger charge is -2.32. The first-order valence-corrected chi connectivity index (χ1v) is 7.84. The van der Waals surface area contributed by atoms with Gasteiger partial charge in [-0.1, -0.05) is 37.6 Å². The van der Waals surface area contributed by atoms with E-state index in [-0.39, 0.29) is 0 Å². The number of rotatable bonds is 9. The monoisotopic (exact) mass is 276 g/mol. The summed E-state index contributed by atoms with van der Waals surface area (Å²) in [7, 11) is 1.75. The Bertz CT molecular complexity index is 404. The second kappa shape index (κ2) is 7.77. The van der Waals surface area contributed by atoms with Gasteiger partial charge < -0.3 is 10.5 Å². The van der Waals surface area contributed by atoms with Gasteiger partial charge in [-0.15, -0.1) is 0 Å². The maximum Gasteiger partial charge on any atom is 0.0716 e. The van der Waals surface area contributed by atoms with Crippen LogP contribution in [-0.4, -0.2) is 31.1 Å². The molecule has 0 heterocycles. The highest BCUT2D eigenvalue weighted by molar-refractivity contribution is 5.30. The molecule has 0 spiro atoms. The van der Waals surface area contributed by atoms with Gasteiger partial charge in [-0.2, -0.15) is 0 Å². The van der Waals surface area contributed by atoms with Gasteiger partial charge in [-0.05, 0) is 36.9 Å². The molecule has 1 saturated carbocycles. The van der Waals surface area contributed by atoms with E-state index in [4.69, 9.17) is 10.5 Å². The number of hydrogen-bond acceptors (Lipinski definition) is 3. The number of hydrogen-bond donors (Lipinski definition) is 1. The summed E-state index contributed by atoms with van der Waals surface area (Å²) in [6.07, 6.45) is 5.14. The standard InChI is InChI=1S/C17H28N2O/c1-3-4-11-19(15-9-10-15)17(12-18)16-8-6-5-7-14(16)13-20-2/h5-8,15,17H,3-4,9-13,18H2,1-2H3. The first kappa shape index (κ1) is 15.5. The van der Waals surface area contributed by atoms with Crippen molar-refractivity contribution in [3.8, 4) is 0 Å². The van der Waals surface area contributed by atoms with Crippen LogP contribution in [0.1, 0.15) is 49.8 Å². The molecule has 2 rings (SSSR count). The van der Waals surface area contributed by atoms with Crippen LogP contribution in [0.3, 0.4) is 0 Å². The van der Waals surface area contributed by atoms with E-state index < -0.39 is 0 Å². The minimum Gasteiger partial charge on any atom is -0.380 e. The Labute approximate surface area is 123 Å². The Kier molecular flexibility index (Phi) is 6.02. The summed E-state index contributed by atoms with van der Waals surface area (Å²) in [5.41, 5.74) is 8.74. The summed E-state index contributed by atoms with van der Waals surface area (Å²) < 4.78 is 5.34. The lowest BCUT2D eigenvalue weighted by molar-refractivity contribution is 0.170. The van der Waals surface area contributed by atoms with Gasteiger partial charge in [0, 0.05) is 25.7 Å². The molecule has 0 saturated heterocycles. The normalized spacial score (nSPS) is 16.6. The molecular weight excluding hydrogens is 248 g/mol. The van der Waals surface area contributed by atoms with Crippen LogP contribution in [0.2, 0.25) is 0 Å². The van der Waals surface area contributed by atoms with Gasteiger partial charge in [0.2, 0.25) is 0 Å². The first-order chi connectivity index (χ1) is 9.81. The van der Waals surface area contributed by atoms with Crippen LogP contribution in [0.4, 0.5) is 0 Å². The van der Waals surface area contributed by atoms with Gasteiger partial charge in [0.15, 0.2) is 0 Å². The second-order valence-corrected chi connectivity index (χ2v) is 5.71. The summed E-state index contributed by atoms with van der Waals surface area (Å²) in [5, 5.41) is 0. The maximum absolute atomic E-state index is 6.13. The predicted octanol–water partition coefficient (Wildman–Crippen LogP) is 3.10. The Morgan fingerprint density at radius 3 is 2.70 bits per heavy atom. The molecule has 1 aliphatic carbocycles. The van der Waals surface area contributed by atoms with E-state index >= 15 is 0 Å². The van der Waals surface area contributed by atoms with E-state index in [0.717, 1.165) is 12.6 Å². The minimum atomic E-state index is 0.334. The van der Waals surface area contributed by atoms with E-state index in [1.807, 2.05) is 0 Å². The van der Waals surface area contributed by atoms with Crippen LogP contribution in [0.5, 0.6) is 0 Å². The Morgan fingerprint density at radius 2 is 2.10 bits per heavy atom. The van der Waals surface area contributed by atoms with Gasteiger partial charge in [0.25, 0.3) is 0 Å². The number of nitrogens with two attached hydrogens (primary N) is 1. The number of ether oxygens (including phenoxy) is 1. The highest BCUT2D eigenvalue weighted by atomic mass is 16.5. The molecule has 1 aliphatic rings. The van der Waals surface area contributed by atoms with Crippen molar-refractivity contribution in [2.24, 2.45) is 5.73 Å². The van der Waals surface area contributed by atoms with Crippen LogP contribution in [0.15, 0.2) is 24.3 Å². The van der Waals surface area contributed by atoms with Gasteiger partial charge in [0.05, 0.1) is 6.61 Å². The Balaban J connectivity index is 2.20. The van der Waals surface area contributed by atoms with Crippen LogP contribution in [0, 0.1) is 0 Å². The molecule has 0 aromatic heterocycles. The second-order valence-electron chi connectivity index (χ2n) is 5.71. The van der Waals surface area contributed by atoms with Crippen molar-refractivity contribution in [2.75, 3.05) is 20.2 Å². The average Bonchev–Trinajstić information content (AvgIpc) is 3.29. The fourth-order valence-corrected chi connectivity index (χ4v) is 2.93. The van der Waals surface area contributed by atoms with E-state index in [0.29, 0.717) is 19.2 Å². The van der Waals surface area contributed by atoms with Crippen molar-refractivity contribution in [1.29, 1.82) is 0 Å². The van der Waals surface area contributed by atoms with E-state index in [1.165, 1.54) is 36.8 Å². The highest BCUT2D eigenvalue weighted by Crippen LogP contribution is 2.35. The van der Waals surface area contributed by atoms with E-state index in [1.54, 1.807) is 7.11 Å². The van der Waals surface area contributed by atoms with Gasteiger partial charge >= 0.3 is 0 Å². The maximum atomic E-state index is 6.13. The first-order valence-electron chi connectivity index (χ1n) is 7.84. The summed E-state index contributed by atoms with van der Waals surface area (Å²) >= 11 is 0. The molecule has 3 nitrogen and oxygen atoms in total. The molecule has 0 aliphatic heterocycles. The highest BCUT2D eigenvalue weighted by Gasteiger charge is 2.34. The van der Waals surface area contributed by atoms with Crippen molar-refractivity contribution in [3.63, 3.8) is 0 Å². The molecule has 1 aromatic rings. The lowest BCUT2D eigenvalue weighted by atomic mass is 9.98. The van der Waals surface area contributed by atoms with Crippen LogP contribution in [-0.2, 0) is 11.3 Å². The molecular formula is C17H28N2O. The zero-order chi connectivity index (χ0) is 14.4. The summed E-state index contributed by atoms with van der Waals surface area (Å²) in [4.78, 5) is 2.62.